The van der Waals surface area contributed by atoms with E-state index >= 15 is 0 Å². The number of benzene rings is 1. The average Bonchev–Trinajstić information content (AvgIpc) is 3.09. The maximum atomic E-state index is 12.4. The van der Waals surface area contributed by atoms with Crippen molar-refractivity contribution in [3.05, 3.63) is 35.9 Å². The van der Waals surface area contributed by atoms with Gasteiger partial charge in [-0.15, -0.1) is 24.8 Å². The SMILES string of the molecule is CN(Cc1ccccc1)CC1CCN(C(=O)CC2CCCN2)CC1.Cl.Cl. The Labute approximate surface area is 170 Å². The van der Waals surface area contributed by atoms with Gasteiger partial charge in [-0.25, -0.2) is 0 Å². The highest BCUT2D eigenvalue weighted by Gasteiger charge is 2.26. The first-order valence-corrected chi connectivity index (χ1v) is 9.44. The standard InChI is InChI=1S/C20H31N3O.2ClH/c1-22(15-17-6-3-2-4-7-17)16-18-9-12-23(13-10-18)20(24)14-19-8-5-11-21-19;;/h2-4,6-7,18-19,21H,5,8-16H2,1H3;2*1H. The molecular formula is C20H33Cl2N3O. The molecule has 2 fully saturated rings. The summed E-state index contributed by atoms with van der Waals surface area (Å²) in [5, 5.41) is 3.43. The molecule has 2 saturated heterocycles. The van der Waals surface area contributed by atoms with E-state index in [1.54, 1.807) is 0 Å². The molecule has 0 aliphatic carbocycles. The van der Waals surface area contributed by atoms with Gasteiger partial charge in [0.1, 0.15) is 0 Å². The molecule has 26 heavy (non-hydrogen) atoms. The van der Waals surface area contributed by atoms with Crippen molar-refractivity contribution in [2.45, 2.75) is 44.7 Å². The highest BCUT2D eigenvalue weighted by molar-refractivity contribution is 5.85. The molecule has 1 unspecified atom stereocenters. The first-order valence-electron chi connectivity index (χ1n) is 9.44. The number of amides is 1. The summed E-state index contributed by atoms with van der Waals surface area (Å²) in [7, 11) is 2.20. The molecule has 0 spiro atoms. The van der Waals surface area contributed by atoms with Crippen molar-refractivity contribution >= 4 is 30.7 Å². The van der Waals surface area contributed by atoms with Crippen LogP contribution in [-0.2, 0) is 11.3 Å². The van der Waals surface area contributed by atoms with Gasteiger partial charge in [0.25, 0.3) is 0 Å². The van der Waals surface area contributed by atoms with Crippen LogP contribution in [0.5, 0.6) is 0 Å². The molecule has 2 aliphatic heterocycles. The van der Waals surface area contributed by atoms with Gasteiger partial charge >= 0.3 is 0 Å². The van der Waals surface area contributed by atoms with Crippen molar-refractivity contribution in [3.8, 4) is 0 Å². The molecule has 0 saturated carbocycles. The van der Waals surface area contributed by atoms with Crippen LogP contribution in [-0.4, -0.2) is 55.0 Å². The number of nitrogens with zero attached hydrogens (tertiary/aromatic N) is 2. The van der Waals surface area contributed by atoms with E-state index in [0.717, 1.165) is 52.0 Å². The summed E-state index contributed by atoms with van der Waals surface area (Å²) in [6.07, 6.45) is 5.35. The van der Waals surface area contributed by atoms with E-state index < -0.39 is 0 Å². The maximum absolute atomic E-state index is 12.4. The average molecular weight is 402 g/mol. The first-order chi connectivity index (χ1) is 11.7. The Morgan fingerprint density at radius 1 is 1.15 bits per heavy atom. The van der Waals surface area contributed by atoms with Gasteiger partial charge in [0.05, 0.1) is 0 Å². The number of carbonyl (C=O) groups is 1. The number of rotatable bonds is 6. The molecule has 2 heterocycles. The fraction of sp³-hybridized carbons (Fsp3) is 0.650. The lowest BCUT2D eigenvalue weighted by molar-refractivity contribution is -0.133. The Bertz CT molecular complexity index is 515. The van der Waals surface area contributed by atoms with Crippen LogP contribution >= 0.6 is 24.8 Å². The summed E-state index contributed by atoms with van der Waals surface area (Å²) in [4.78, 5) is 16.9. The van der Waals surface area contributed by atoms with Gasteiger partial charge in [0.15, 0.2) is 0 Å². The summed E-state index contributed by atoms with van der Waals surface area (Å²) in [5.41, 5.74) is 1.37. The van der Waals surface area contributed by atoms with Crippen LogP contribution in [0.1, 0.15) is 37.7 Å². The summed E-state index contributed by atoms with van der Waals surface area (Å²) in [6.45, 7) is 5.09. The molecule has 2 aliphatic rings. The lowest BCUT2D eigenvalue weighted by atomic mass is 9.95. The Hall–Kier alpha value is -0.810. The lowest BCUT2D eigenvalue weighted by Gasteiger charge is -2.34. The maximum Gasteiger partial charge on any atom is 0.224 e. The van der Waals surface area contributed by atoms with Gasteiger partial charge in [-0.1, -0.05) is 30.3 Å². The van der Waals surface area contributed by atoms with Gasteiger partial charge in [0.2, 0.25) is 5.91 Å². The smallest absolute Gasteiger partial charge is 0.224 e. The van der Waals surface area contributed by atoms with E-state index in [1.165, 1.54) is 12.0 Å². The summed E-state index contributed by atoms with van der Waals surface area (Å²) >= 11 is 0. The third kappa shape index (κ3) is 7.07. The van der Waals surface area contributed by atoms with Gasteiger partial charge in [0, 0.05) is 38.6 Å². The molecule has 1 N–H and O–H groups in total. The normalized spacial score (nSPS) is 20.5. The van der Waals surface area contributed by atoms with Crippen LogP contribution in [0.4, 0.5) is 0 Å². The molecule has 148 valence electrons. The van der Waals surface area contributed by atoms with Gasteiger partial charge in [-0.05, 0) is 50.8 Å². The Balaban J connectivity index is 0.00000169. The van der Waals surface area contributed by atoms with Crippen molar-refractivity contribution in [3.63, 3.8) is 0 Å². The van der Waals surface area contributed by atoms with Crippen molar-refractivity contribution in [1.82, 2.24) is 15.1 Å². The fourth-order valence-corrected chi connectivity index (χ4v) is 4.04. The minimum Gasteiger partial charge on any atom is -0.343 e. The highest BCUT2D eigenvalue weighted by atomic mass is 35.5. The monoisotopic (exact) mass is 401 g/mol. The first kappa shape index (κ1) is 23.2. The molecule has 0 bridgehead atoms. The van der Waals surface area contributed by atoms with Crippen LogP contribution in [0.25, 0.3) is 0 Å². The number of hydrogen-bond acceptors (Lipinski definition) is 3. The second kappa shape index (κ2) is 11.8. The lowest BCUT2D eigenvalue weighted by Crippen LogP contribution is -2.42. The molecule has 1 aromatic carbocycles. The van der Waals surface area contributed by atoms with E-state index in [-0.39, 0.29) is 24.8 Å². The topological polar surface area (TPSA) is 35.6 Å². The quantitative estimate of drug-likeness (QED) is 0.793. The molecule has 1 amide bonds. The number of likely N-dealkylation sites (tertiary alicyclic amines) is 1. The molecular weight excluding hydrogens is 369 g/mol. The molecule has 0 radical (unpaired) electrons. The van der Waals surface area contributed by atoms with Crippen molar-refractivity contribution in [2.24, 2.45) is 5.92 Å². The third-order valence-electron chi connectivity index (χ3n) is 5.42. The number of nitrogens with one attached hydrogen (secondary N) is 1. The summed E-state index contributed by atoms with van der Waals surface area (Å²) in [6, 6.07) is 11.1. The minimum atomic E-state index is 0. The zero-order valence-electron chi connectivity index (χ0n) is 15.7. The molecule has 6 heteroatoms. The van der Waals surface area contributed by atoms with Crippen molar-refractivity contribution in [2.75, 3.05) is 33.2 Å². The third-order valence-corrected chi connectivity index (χ3v) is 5.42. The molecule has 1 atom stereocenters. The van der Waals surface area contributed by atoms with E-state index in [4.69, 9.17) is 0 Å². The Kier molecular flexibility index (Phi) is 10.6. The van der Waals surface area contributed by atoms with Crippen LogP contribution in [0.2, 0.25) is 0 Å². The number of carbonyl (C=O) groups excluding carboxylic acids is 1. The van der Waals surface area contributed by atoms with Crippen LogP contribution < -0.4 is 5.32 Å². The van der Waals surface area contributed by atoms with Crippen LogP contribution in [0, 0.1) is 5.92 Å². The number of hydrogen-bond donors (Lipinski definition) is 1. The van der Waals surface area contributed by atoms with E-state index in [2.05, 4.69) is 52.5 Å². The molecule has 0 aromatic heterocycles. The van der Waals surface area contributed by atoms with E-state index in [0.29, 0.717) is 24.3 Å². The van der Waals surface area contributed by atoms with Gasteiger partial charge in [-0.3, -0.25) is 4.79 Å². The fourth-order valence-electron chi connectivity index (χ4n) is 4.04. The predicted molar refractivity (Wildman–Crippen MR) is 112 cm³/mol. The van der Waals surface area contributed by atoms with Crippen LogP contribution in [0.3, 0.4) is 0 Å². The number of halogens is 2. The molecule has 1 aromatic rings. The highest BCUT2D eigenvalue weighted by Crippen LogP contribution is 2.20. The second-order valence-corrected chi connectivity index (χ2v) is 7.50. The summed E-state index contributed by atoms with van der Waals surface area (Å²) in [5.74, 6) is 1.07. The predicted octanol–water partition coefficient (Wildman–Crippen LogP) is 3.34. The van der Waals surface area contributed by atoms with Crippen LogP contribution in [0.15, 0.2) is 30.3 Å². The van der Waals surface area contributed by atoms with E-state index in [1.807, 2.05) is 0 Å². The minimum absolute atomic E-state index is 0. The van der Waals surface area contributed by atoms with E-state index in [9.17, 15) is 4.79 Å². The second-order valence-electron chi connectivity index (χ2n) is 7.50. The van der Waals surface area contributed by atoms with Crippen molar-refractivity contribution in [1.29, 1.82) is 0 Å². The zero-order chi connectivity index (χ0) is 16.8. The van der Waals surface area contributed by atoms with Gasteiger partial charge < -0.3 is 15.1 Å². The molecule has 4 nitrogen and oxygen atoms in total. The molecule has 3 rings (SSSR count). The largest absolute Gasteiger partial charge is 0.343 e. The van der Waals surface area contributed by atoms with Gasteiger partial charge in [-0.2, -0.15) is 0 Å². The zero-order valence-corrected chi connectivity index (χ0v) is 17.4. The van der Waals surface area contributed by atoms with Crippen molar-refractivity contribution < 1.29 is 4.79 Å². The Morgan fingerprint density at radius 3 is 2.46 bits per heavy atom. The summed E-state index contributed by atoms with van der Waals surface area (Å²) < 4.78 is 0. The Morgan fingerprint density at radius 2 is 1.85 bits per heavy atom. The number of piperidine rings is 1.